The van der Waals surface area contributed by atoms with Crippen molar-refractivity contribution in [2.24, 2.45) is 0 Å². The molecule has 2 atom stereocenters. The summed E-state index contributed by atoms with van der Waals surface area (Å²) in [5, 5.41) is 11.6. The Morgan fingerprint density at radius 3 is 2.50 bits per heavy atom. The molecule has 0 amide bonds. The van der Waals surface area contributed by atoms with Gasteiger partial charge in [-0.05, 0) is 27.3 Å². The van der Waals surface area contributed by atoms with Gasteiger partial charge in [0.25, 0.3) is 0 Å². The van der Waals surface area contributed by atoms with Crippen LogP contribution in [0.15, 0.2) is 0 Å². The quantitative estimate of drug-likeness (QED) is 0.640. The van der Waals surface area contributed by atoms with E-state index in [9.17, 15) is 4.79 Å². The monoisotopic (exact) mass is 202 g/mol. The maximum Gasteiger partial charge on any atom is 0.320 e. The van der Waals surface area contributed by atoms with Crippen LogP contribution in [0.4, 0.5) is 0 Å². The topological polar surface area (TPSA) is 52.6 Å². The maximum absolute atomic E-state index is 10.5. The molecule has 2 unspecified atom stereocenters. The number of aliphatic carboxylic acids is 1. The number of likely N-dealkylation sites (N-methyl/N-ethyl adjacent to an activating group) is 1. The number of nitrogens with one attached hydrogen (secondary N) is 1. The third kappa shape index (κ3) is 5.19. The van der Waals surface area contributed by atoms with Crippen LogP contribution in [0.3, 0.4) is 0 Å². The molecule has 0 saturated heterocycles. The molecular formula is C10H22N2O2. The summed E-state index contributed by atoms with van der Waals surface area (Å²) in [6, 6.07) is 0.0947. The van der Waals surface area contributed by atoms with E-state index in [4.69, 9.17) is 5.11 Å². The molecule has 4 heteroatoms. The molecule has 0 bridgehead atoms. The summed E-state index contributed by atoms with van der Waals surface area (Å²) in [7, 11) is 2.06. The third-order valence-corrected chi connectivity index (χ3v) is 2.63. The van der Waals surface area contributed by atoms with Crippen molar-refractivity contribution < 1.29 is 9.90 Å². The molecule has 0 saturated carbocycles. The van der Waals surface area contributed by atoms with E-state index in [1.807, 2.05) is 0 Å². The van der Waals surface area contributed by atoms with Crippen LogP contribution in [0.2, 0.25) is 0 Å². The van der Waals surface area contributed by atoms with E-state index < -0.39 is 12.0 Å². The lowest BCUT2D eigenvalue weighted by molar-refractivity contribution is -0.139. The van der Waals surface area contributed by atoms with Crippen LogP contribution >= 0.6 is 0 Å². The van der Waals surface area contributed by atoms with Crippen molar-refractivity contribution in [2.45, 2.75) is 39.3 Å². The van der Waals surface area contributed by atoms with Crippen LogP contribution in [-0.2, 0) is 4.79 Å². The highest BCUT2D eigenvalue weighted by molar-refractivity contribution is 5.72. The maximum atomic E-state index is 10.5. The standard InChI is InChI=1S/C10H22N2O2/c1-5-8(2)12(4)7-6-11-9(3)10(13)14/h8-9,11H,5-7H2,1-4H3,(H,13,14). The zero-order chi connectivity index (χ0) is 11.1. The summed E-state index contributed by atoms with van der Waals surface area (Å²) in [5.41, 5.74) is 0. The van der Waals surface area contributed by atoms with Gasteiger partial charge in [0.1, 0.15) is 6.04 Å². The van der Waals surface area contributed by atoms with Gasteiger partial charge in [0.2, 0.25) is 0 Å². The molecule has 0 aromatic rings. The largest absolute Gasteiger partial charge is 0.480 e. The van der Waals surface area contributed by atoms with E-state index in [-0.39, 0.29) is 0 Å². The zero-order valence-electron chi connectivity index (χ0n) is 9.58. The minimum Gasteiger partial charge on any atom is -0.480 e. The van der Waals surface area contributed by atoms with E-state index in [2.05, 4.69) is 31.1 Å². The Bertz CT molecular complexity index is 174. The Labute approximate surface area is 86.3 Å². The van der Waals surface area contributed by atoms with Gasteiger partial charge in [-0.25, -0.2) is 0 Å². The second-order valence-electron chi connectivity index (χ2n) is 3.75. The lowest BCUT2D eigenvalue weighted by atomic mass is 10.2. The highest BCUT2D eigenvalue weighted by Gasteiger charge is 2.10. The molecule has 0 aromatic carbocycles. The molecule has 2 N–H and O–H groups in total. The van der Waals surface area contributed by atoms with Crippen LogP contribution < -0.4 is 5.32 Å². The molecule has 0 rings (SSSR count). The molecule has 0 aliphatic heterocycles. The van der Waals surface area contributed by atoms with Gasteiger partial charge >= 0.3 is 5.97 Å². The predicted molar refractivity (Wildman–Crippen MR) is 57.5 cm³/mol. The first-order valence-corrected chi connectivity index (χ1v) is 5.15. The number of carbonyl (C=O) groups is 1. The van der Waals surface area contributed by atoms with Gasteiger partial charge in [0.15, 0.2) is 0 Å². The fourth-order valence-electron chi connectivity index (χ4n) is 1.08. The number of hydrogen-bond acceptors (Lipinski definition) is 3. The third-order valence-electron chi connectivity index (χ3n) is 2.63. The summed E-state index contributed by atoms with van der Waals surface area (Å²) in [6.07, 6.45) is 1.12. The second-order valence-corrected chi connectivity index (χ2v) is 3.75. The van der Waals surface area contributed by atoms with Crippen molar-refractivity contribution in [1.82, 2.24) is 10.2 Å². The number of hydrogen-bond donors (Lipinski definition) is 2. The zero-order valence-corrected chi connectivity index (χ0v) is 9.58. The first kappa shape index (κ1) is 13.4. The van der Waals surface area contributed by atoms with Crippen molar-refractivity contribution in [2.75, 3.05) is 20.1 Å². The summed E-state index contributed by atoms with van der Waals surface area (Å²) >= 11 is 0. The first-order valence-electron chi connectivity index (χ1n) is 5.15. The smallest absolute Gasteiger partial charge is 0.320 e. The molecule has 0 aliphatic carbocycles. The Morgan fingerprint density at radius 2 is 2.07 bits per heavy atom. The van der Waals surface area contributed by atoms with Gasteiger partial charge in [0, 0.05) is 19.1 Å². The average Bonchev–Trinajstić information content (AvgIpc) is 2.15. The molecular weight excluding hydrogens is 180 g/mol. The van der Waals surface area contributed by atoms with Gasteiger partial charge in [-0.2, -0.15) is 0 Å². The van der Waals surface area contributed by atoms with Crippen molar-refractivity contribution in [1.29, 1.82) is 0 Å². The lowest BCUT2D eigenvalue weighted by Crippen LogP contribution is -2.40. The van der Waals surface area contributed by atoms with Crippen molar-refractivity contribution in [3.63, 3.8) is 0 Å². The second kappa shape index (κ2) is 6.79. The van der Waals surface area contributed by atoms with Gasteiger partial charge in [-0.15, -0.1) is 0 Å². The van der Waals surface area contributed by atoms with Crippen LogP contribution in [0.1, 0.15) is 27.2 Å². The van der Waals surface area contributed by atoms with Gasteiger partial charge in [0.05, 0.1) is 0 Å². The number of nitrogens with zero attached hydrogens (tertiary/aromatic N) is 1. The Hall–Kier alpha value is -0.610. The van der Waals surface area contributed by atoms with Crippen LogP contribution in [-0.4, -0.2) is 48.2 Å². The molecule has 4 nitrogen and oxygen atoms in total. The molecule has 0 aliphatic rings. The lowest BCUT2D eigenvalue weighted by Gasteiger charge is -2.23. The number of carboxylic acids is 1. The Morgan fingerprint density at radius 1 is 1.50 bits per heavy atom. The van der Waals surface area contributed by atoms with Crippen LogP contribution in [0.25, 0.3) is 0 Å². The highest BCUT2D eigenvalue weighted by atomic mass is 16.4. The van der Waals surface area contributed by atoms with E-state index in [1.165, 1.54) is 0 Å². The molecule has 14 heavy (non-hydrogen) atoms. The van der Waals surface area contributed by atoms with Crippen molar-refractivity contribution in [3.05, 3.63) is 0 Å². The van der Waals surface area contributed by atoms with Gasteiger partial charge in [-0.1, -0.05) is 6.92 Å². The fourth-order valence-corrected chi connectivity index (χ4v) is 1.08. The molecule has 0 spiro atoms. The number of carboxylic acid groups (broad SMARTS) is 1. The molecule has 0 fully saturated rings. The van der Waals surface area contributed by atoms with Crippen molar-refractivity contribution >= 4 is 5.97 Å². The predicted octanol–water partition coefficient (Wildman–Crippen LogP) is 0.779. The fraction of sp³-hybridized carbons (Fsp3) is 0.900. The van der Waals surface area contributed by atoms with Crippen LogP contribution in [0, 0.1) is 0 Å². The molecule has 84 valence electrons. The minimum atomic E-state index is -0.795. The van der Waals surface area contributed by atoms with E-state index in [0.717, 1.165) is 13.0 Å². The van der Waals surface area contributed by atoms with E-state index in [0.29, 0.717) is 12.6 Å². The SMILES string of the molecule is CCC(C)N(C)CCNC(C)C(=O)O. The van der Waals surface area contributed by atoms with Crippen LogP contribution in [0.5, 0.6) is 0 Å². The van der Waals surface area contributed by atoms with Gasteiger partial charge < -0.3 is 15.3 Å². The first-order chi connectivity index (χ1) is 6.49. The Kier molecular flexibility index (Phi) is 6.49. The van der Waals surface area contributed by atoms with E-state index in [1.54, 1.807) is 6.92 Å². The number of rotatable bonds is 7. The van der Waals surface area contributed by atoms with Crippen molar-refractivity contribution in [3.8, 4) is 0 Å². The highest BCUT2D eigenvalue weighted by Crippen LogP contribution is 1.98. The summed E-state index contributed by atoms with van der Waals surface area (Å²) in [4.78, 5) is 12.7. The molecule has 0 aromatic heterocycles. The average molecular weight is 202 g/mol. The summed E-state index contributed by atoms with van der Waals surface area (Å²) in [6.45, 7) is 7.57. The van der Waals surface area contributed by atoms with E-state index >= 15 is 0 Å². The minimum absolute atomic E-state index is 0.458. The normalized spacial score (nSPS) is 15.5. The Balaban J connectivity index is 3.58. The molecule has 0 heterocycles. The van der Waals surface area contributed by atoms with Gasteiger partial charge in [-0.3, -0.25) is 4.79 Å². The summed E-state index contributed by atoms with van der Waals surface area (Å²) < 4.78 is 0. The summed E-state index contributed by atoms with van der Waals surface area (Å²) in [5.74, 6) is -0.795. The molecule has 0 radical (unpaired) electrons.